The zero-order chi connectivity index (χ0) is 22.3. The van der Waals surface area contributed by atoms with Crippen molar-refractivity contribution < 1.29 is 19.4 Å². The number of nitrogens with zero attached hydrogens (tertiary/aromatic N) is 2. The Bertz CT molecular complexity index is 1000. The smallest absolute Gasteiger partial charge is 0.254 e. The number of hydrogen-bond donors (Lipinski definition) is 2. The number of halogens is 1. The molecule has 3 aliphatic rings. The molecule has 2 unspecified atom stereocenters. The van der Waals surface area contributed by atoms with Crippen LogP contribution in [0, 0.1) is 0 Å². The van der Waals surface area contributed by atoms with Gasteiger partial charge in [0.15, 0.2) is 0 Å². The molecule has 0 saturated carbocycles. The SMILES string of the molecule is CC1(N2CCC(c3cc4cc(NC(=O)[C@H]5CCCO5)ncc4cc3Cl)CC2)COCC1O. The molecule has 1 aromatic carbocycles. The van der Waals surface area contributed by atoms with Crippen LogP contribution in [0.25, 0.3) is 10.8 Å². The van der Waals surface area contributed by atoms with Crippen LogP contribution in [0.4, 0.5) is 5.82 Å². The average molecular weight is 460 g/mol. The fourth-order valence-electron chi connectivity index (χ4n) is 5.21. The highest BCUT2D eigenvalue weighted by Crippen LogP contribution is 2.38. The van der Waals surface area contributed by atoms with Crippen molar-refractivity contribution in [2.24, 2.45) is 0 Å². The van der Waals surface area contributed by atoms with Gasteiger partial charge in [-0.05, 0) is 80.8 Å². The minimum Gasteiger partial charge on any atom is -0.389 e. The van der Waals surface area contributed by atoms with Crippen LogP contribution < -0.4 is 5.32 Å². The summed E-state index contributed by atoms with van der Waals surface area (Å²) in [6.45, 7) is 5.50. The maximum atomic E-state index is 12.4. The predicted octanol–water partition coefficient (Wildman–Crippen LogP) is 3.33. The maximum Gasteiger partial charge on any atom is 0.254 e. The van der Waals surface area contributed by atoms with E-state index in [0.717, 1.165) is 60.1 Å². The van der Waals surface area contributed by atoms with Gasteiger partial charge < -0.3 is 19.9 Å². The van der Waals surface area contributed by atoms with Gasteiger partial charge in [0.1, 0.15) is 11.9 Å². The summed E-state index contributed by atoms with van der Waals surface area (Å²) in [5, 5.41) is 16.0. The summed E-state index contributed by atoms with van der Waals surface area (Å²) < 4.78 is 11.0. The molecule has 4 heterocycles. The number of ether oxygens (including phenoxy) is 2. The van der Waals surface area contributed by atoms with E-state index < -0.39 is 6.10 Å². The van der Waals surface area contributed by atoms with E-state index in [1.54, 1.807) is 6.20 Å². The number of pyridine rings is 1. The van der Waals surface area contributed by atoms with Gasteiger partial charge in [-0.2, -0.15) is 0 Å². The molecule has 3 atom stereocenters. The summed E-state index contributed by atoms with van der Waals surface area (Å²) in [4.78, 5) is 19.1. The highest BCUT2D eigenvalue weighted by Gasteiger charge is 2.45. The van der Waals surface area contributed by atoms with Crippen LogP contribution in [-0.4, -0.2) is 71.6 Å². The molecule has 8 heteroatoms. The molecule has 5 rings (SSSR count). The van der Waals surface area contributed by atoms with E-state index in [-0.39, 0.29) is 17.6 Å². The number of carbonyl (C=O) groups excluding carboxylic acids is 1. The van der Waals surface area contributed by atoms with E-state index in [1.165, 1.54) is 0 Å². The molecule has 1 amide bonds. The van der Waals surface area contributed by atoms with E-state index in [9.17, 15) is 9.90 Å². The van der Waals surface area contributed by atoms with Crippen LogP contribution in [0.5, 0.6) is 0 Å². The molecular weight excluding hydrogens is 430 g/mol. The van der Waals surface area contributed by atoms with Crippen molar-refractivity contribution in [1.29, 1.82) is 0 Å². The Kier molecular flexibility index (Phi) is 6.11. The van der Waals surface area contributed by atoms with Gasteiger partial charge in [-0.3, -0.25) is 9.69 Å². The molecule has 3 fully saturated rings. The molecule has 2 N–H and O–H groups in total. The predicted molar refractivity (Wildman–Crippen MR) is 123 cm³/mol. The van der Waals surface area contributed by atoms with E-state index in [2.05, 4.69) is 28.2 Å². The summed E-state index contributed by atoms with van der Waals surface area (Å²) in [6, 6.07) is 6.01. The molecule has 7 nitrogen and oxygen atoms in total. The van der Waals surface area contributed by atoms with Crippen LogP contribution in [0.2, 0.25) is 5.02 Å². The number of hydrogen-bond acceptors (Lipinski definition) is 6. The van der Waals surface area contributed by atoms with Crippen molar-refractivity contribution in [3.8, 4) is 0 Å². The Morgan fingerprint density at radius 1 is 1.25 bits per heavy atom. The van der Waals surface area contributed by atoms with Crippen molar-refractivity contribution in [2.75, 3.05) is 38.2 Å². The molecule has 0 spiro atoms. The molecule has 0 aliphatic carbocycles. The summed E-state index contributed by atoms with van der Waals surface area (Å²) in [5.41, 5.74) is 0.828. The Morgan fingerprint density at radius 2 is 2.06 bits per heavy atom. The number of piperidine rings is 1. The lowest BCUT2D eigenvalue weighted by molar-refractivity contribution is -0.124. The molecule has 172 valence electrons. The second kappa shape index (κ2) is 8.88. The van der Waals surface area contributed by atoms with Crippen LogP contribution in [0.1, 0.15) is 44.1 Å². The molecular formula is C24H30ClN3O4. The van der Waals surface area contributed by atoms with Crippen LogP contribution >= 0.6 is 11.6 Å². The Balaban J connectivity index is 1.31. The lowest BCUT2D eigenvalue weighted by atomic mass is 9.85. The van der Waals surface area contributed by atoms with E-state index in [1.807, 2.05) is 12.1 Å². The van der Waals surface area contributed by atoms with E-state index >= 15 is 0 Å². The monoisotopic (exact) mass is 459 g/mol. The first-order valence-corrected chi connectivity index (χ1v) is 11.8. The summed E-state index contributed by atoms with van der Waals surface area (Å²) in [7, 11) is 0. The number of carbonyl (C=O) groups is 1. The van der Waals surface area contributed by atoms with Gasteiger partial charge >= 0.3 is 0 Å². The van der Waals surface area contributed by atoms with E-state index in [0.29, 0.717) is 31.6 Å². The Hall–Kier alpha value is -1.77. The fourth-order valence-corrected chi connectivity index (χ4v) is 5.54. The van der Waals surface area contributed by atoms with Crippen LogP contribution in [0.3, 0.4) is 0 Å². The van der Waals surface area contributed by atoms with Gasteiger partial charge in [-0.1, -0.05) is 11.6 Å². The van der Waals surface area contributed by atoms with Crippen LogP contribution in [0.15, 0.2) is 24.4 Å². The molecule has 0 radical (unpaired) electrons. The van der Waals surface area contributed by atoms with E-state index in [4.69, 9.17) is 21.1 Å². The number of amides is 1. The molecule has 3 saturated heterocycles. The molecule has 2 aromatic rings. The lowest BCUT2D eigenvalue weighted by Crippen LogP contribution is -2.56. The number of nitrogens with one attached hydrogen (secondary N) is 1. The van der Waals surface area contributed by atoms with Gasteiger partial charge in [-0.15, -0.1) is 0 Å². The summed E-state index contributed by atoms with van der Waals surface area (Å²) in [6.07, 6.45) is 4.53. The fraction of sp³-hybridized carbons (Fsp3) is 0.583. The number of aliphatic hydroxyl groups excluding tert-OH is 1. The number of aromatic nitrogens is 1. The first kappa shape index (κ1) is 22.0. The van der Waals surface area contributed by atoms with Gasteiger partial charge in [0.05, 0.1) is 24.9 Å². The molecule has 32 heavy (non-hydrogen) atoms. The highest BCUT2D eigenvalue weighted by atomic mass is 35.5. The second-order valence-electron chi connectivity index (χ2n) is 9.43. The number of likely N-dealkylation sites (tertiary alicyclic amines) is 1. The minimum atomic E-state index is -0.445. The second-order valence-corrected chi connectivity index (χ2v) is 9.84. The van der Waals surface area contributed by atoms with Crippen molar-refractivity contribution in [3.05, 3.63) is 35.0 Å². The van der Waals surface area contributed by atoms with Crippen molar-refractivity contribution in [1.82, 2.24) is 9.88 Å². The van der Waals surface area contributed by atoms with Gasteiger partial charge in [0, 0.05) is 23.2 Å². The average Bonchev–Trinajstić information content (AvgIpc) is 3.45. The maximum absolute atomic E-state index is 12.4. The van der Waals surface area contributed by atoms with Crippen molar-refractivity contribution in [2.45, 2.75) is 56.3 Å². The topological polar surface area (TPSA) is 83.9 Å². The lowest BCUT2D eigenvalue weighted by Gasteiger charge is -2.43. The summed E-state index contributed by atoms with van der Waals surface area (Å²) in [5.74, 6) is 0.746. The zero-order valence-electron chi connectivity index (χ0n) is 18.3. The number of rotatable bonds is 4. The number of benzene rings is 1. The number of fused-ring (bicyclic) bond motifs is 1. The minimum absolute atomic E-state index is 0.137. The highest BCUT2D eigenvalue weighted by molar-refractivity contribution is 6.32. The molecule has 3 aliphatic heterocycles. The number of aliphatic hydroxyl groups is 1. The third-order valence-electron chi connectivity index (χ3n) is 7.36. The standard InChI is InChI=1S/C24H30ClN3O4/c1-24(14-31-13-21(24)29)28-6-4-15(5-7-28)18-9-16-11-22(26-12-17(16)10-19(18)25)27-23(30)20-3-2-8-32-20/h9-12,15,20-21,29H,2-8,13-14H2,1H3,(H,26,27,30)/t20-,21?,24?/m1/s1. The first-order valence-electron chi connectivity index (χ1n) is 11.5. The number of anilines is 1. The van der Waals surface area contributed by atoms with Gasteiger partial charge in [0.2, 0.25) is 0 Å². The normalized spacial score (nSPS) is 29.6. The third kappa shape index (κ3) is 4.13. The Morgan fingerprint density at radius 3 is 2.75 bits per heavy atom. The van der Waals surface area contributed by atoms with Gasteiger partial charge in [-0.25, -0.2) is 4.98 Å². The quantitative estimate of drug-likeness (QED) is 0.729. The first-order chi connectivity index (χ1) is 15.4. The molecule has 0 bridgehead atoms. The van der Waals surface area contributed by atoms with Crippen LogP contribution in [-0.2, 0) is 14.3 Å². The third-order valence-corrected chi connectivity index (χ3v) is 7.68. The van der Waals surface area contributed by atoms with Crippen molar-refractivity contribution in [3.63, 3.8) is 0 Å². The molecule has 1 aromatic heterocycles. The zero-order valence-corrected chi connectivity index (χ0v) is 19.1. The largest absolute Gasteiger partial charge is 0.389 e. The Labute approximate surface area is 193 Å². The van der Waals surface area contributed by atoms with Gasteiger partial charge in [0.25, 0.3) is 5.91 Å². The summed E-state index contributed by atoms with van der Waals surface area (Å²) >= 11 is 6.67. The van der Waals surface area contributed by atoms with Crippen molar-refractivity contribution >= 4 is 34.1 Å².